The van der Waals surface area contributed by atoms with Crippen LogP contribution in [0.1, 0.15) is 40.0 Å². The van der Waals surface area contributed by atoms with Gasteiger partial charge in [-0.1, -0.05) is 13.8 Å². The topological polar surface area (TPSA) is 64.3 Å². The van der Waals surface area contributed by atoms with Crippen LogP contribution in [-0.4, -0.2) is 31.2 Å². The molecule has 3 N–H and O–H groups in total. The molecule has 0 heterocycles. The first-order valence-electron chi connectivity index (χ1n) is 6.68. The minimum atomic E-state index is -0.0406. The molecule has 0 radical (unpaired) electrons. The lowest BCUT2D eigenvalue weighted by Crippen LogP contribution is -2.50. The Kier molecular flexibility index (Phi) is 5.92. The fraction of sp³-hybridized carbons (Fsp3) is 0.923. The lowest BCUT2D eigenvalue weighted by molar-refractivity contribution is -0.127. The minimum absolute atomic E-state index is 0.0406. The molecule has 4 nitrogen and oxygen atoms in total. The molecule has 0 aromatic heterocycles. The standard InChI is InChI=1S/C13H26N2O2/c1-4-17-12-6-11(7-12)15-13(16)10(8-14)5-9(2)3/h9-12H,4-8,14H2,1-3H3,(H,15,16). The van der Waals surface area contributed by atoms with Gasteiger partial charge in [0, 0.05) is 19.2 Å². The fourth-order valence-corrected chi connectivity index (χ4v) is 2.25. The van der Waals surface area contributed by atoms with Gasteiger partial charge in [-0.25, -0.2) is 0 Å². The molecular formula is C13H26N2O2. The van der Waals surface area contributed by atoms with E-state index in [9.17, 15) is 4.79 Å². The average molecular weight is 242 g/mol. The smallest absolute Gasteiger partial charge is 0.224 e. The summed E-state index contributed by atoms with van der Waals surface area (Å²) in [5, 5.41) is 3.06. The SMILES string of the molecule is CCOC1CC(NC(=O)C(CN)CC(C)C)C1. The Morgan fingerprint density at radius 2 is 2.12 bits per heavy atom. The summed E-state index contributed by atoms with van der Waals surface area (Å²) in [4.78, 5) is 11.9. The zero-order chi connectivity index (χ0) is 12.8. The number of carbonyl (C=O) groups is 1. The third kappa shape index (κ3) is 4.64. The van der Waals surface area contributed by atoms with Gasteiger partial charge in [0.25, 0.3) is 0 Å². The molecule has 0 aromatic carbocycles. The number of carbonyl (C=O) groups excluding carboxylic acids is 1. The van der Waals surface area contributed by atoms with Gasteiger partial charge in [-0.15, -0.1) is 0 Å². The van der Waals surface area contributed by atoms with Crippen LogP contribution >= 0.6 is 0 Å². The molecule has 0 saturated heterocycles. The molecule has 0 aromatic rings. The van der Waals surface area contributed by atoms with E-state index in [1.165, 1.54) is 0 Å². The van der Waals surface area contributed by atoms with Crippen molar-refractivity contribution < 1.29 is 9.53 Å². The van der Waals surface area contributed by atoms with Crippen LogP contribution in [0.5, 0.6) is 0 Å². The van der Waals surface area contributed by atoms with E-state index in [-0.39, 0.29) is 11.8 Å². The second-order valence-electron chi connectivity index (χ2n) is 5.32. The van der Waals surface area contributed by atoms with Crippen molar-refractivity contribution in [2.45, 2.75) is 52.2 Å². The molecule has 1 aliphatic rings. The van der Waals surface area contributed by atoms with E-state index < -0.39 is 0 Å². The first-order chi connectivity index (χ1) is 8.06. The van der Waals surface area contributed by atoms with Gasteiger partial charge in [-0.3, -0.25) is 4.79 Å². The third-order valence-corrected chi connectivity index (χ3v) is 3.25. The van der Waals surface area contributed by atoms with Crippen molar-refractivity contribution in [1.29, 1.82) is 0 Å². The van der Waals surface area contributed by atoms with E-state index in [2.05, 4.69) is 19.2 Å². The van der Waals surface area contributed by atoms with Crippen LogP contribution in [0.15, 0.2) is 0 Å². The van der Waals surface area contributed by atoms with Gasteiger partial charge in [-0.05, 0) is 32.1 Å². The largest absolute Gasteiger partial charge is 0.378 e. The molecule has 17 heavy (non-hydrogen) atoms. The minimum Gasteiger partial charge on any atom is -0.378 e. The van der Waals surface area contributed by atoms with E-state index in [1.54, 1.807) is 0 Å². The maximum absolute atomic E-state index is 11.9. The van der Waals surface area contributed by atoms with E-state index in [0.717, 1.165) is 25.9 Å². The summed E-state index contributed by atoms with van der Waals surface area (Å²) in [6.07, 6.45) is 3.09. The summed E-state index contributed by atoms with van der Waals surface area (Å²) in [7, 11) is 0. The number of nitrogens with one attached hydrogen (secondary N) is 1. The van der Waals surface area contributed by atoms with Gasteiger partial charge in [0.1, 0.15) is 0 Å². The van der Waals surface area contributed by atoms with Crippen LogP contribution in [-0.2, 0) is 9.53 Å². The Balaban J connectivity index is 2.24. The molecule has 4 heteroatoms. The number of hydrogen-bond donors (Lipinski definition) is 2. The van der Waals surface area contributed by atoms with Gasteiger partial charge in [-0.2, -0.15) is 0 Å². The number of nitrogens with two attached hydrogens (primary N) is 1. The number of amides is 1. The van der Waals surface area contributed by atoms with E-state index in [0.29, 0.717) is 24.6 Å². The average Bonchev–Trinajstić information content (AvgIpc) is 2.22. The summed E-state index contributed by atoms with van der Waals surface area (Å²) in [6, 6.07) is 0.292. The van der Waals surface area contributed by atoms with Gasteiger partial charge >= 0.3 is 0 Å². The summed E-state index contributed by atoms with van der Waals surface area (Å²) in [5.74, 6) is 0.578. The van der Waals surface area contributed by atoms with Crippen LogP contribution in [0, 0.1) is 11.8 Å². The Hall–Kier alpha value is -0.610. The van der Waals surface area contributed by atoms with E-state index >= 15 is 0 Å². The van der Waals surface area contributed by atoms with Crippen LogP contribution < -0.4 is 11.1 Å². The maximum Gasteiger partial charge on any atom is 0.224 e. The predicted octanol–water partition coefficient (Wildman–Crippen LogP) is 1.29. The van der Waals surface area contributed by atoms with Crippen molar-refractivity contribution in [2.75, 3.05) is 13.2 Å². The molecule has 1 amide bonds. The first-order valence-corrected chi connectivity index (χ1v) is 6.68. The molecule has 1 fully saturated rings. The lowest BCUT2D eigenvalue weighted by Gasteiger charge is -2.36. The van der Waals surface area contributed by atoms with Crippen molar-refractivity contribution >= 4 is 5.91 Å². The molecule has 0 bridgehead atoms. The second-order valence-corrected chi connectivity index (χ2v) is 5.32. The summed E-state index contributed by atoms with van der Waals surface area (Å²) in [6.45, 7) is 7.42. The van der Waals surface area contributed by atoms with E-state index in [1.807, 2.05) is 6.92 Å². The van der Waals surface area contributed by atoms with Crippen molar-refractivity contribution in [3.05, 3.63) is 0 Å². The highest BCUT2D eigenvalue weighted by atomic mass is 16.5. The highest BCUT2D eigenvalue weighted by molar-refractivity contribution is 5.79. The molecule has 0 aliphatic heterocycles. The van der Waals surface area contributed by atoms with Crippen molar-refractivity contribution in [1.82, 2.24) is 5.32 Å². The first kappa shape index (κ1) is 14.5. The summed E-state index contributed by atoms with van der Waals surface area (Å²) in [5.41, 5.74) is 5.65. The summed E-state index contributed by atoms with van der Waals surface area (Å²) < 4.78 is 5.46. The van der Waals surface area contributed by atoms with Gasteiger partial charge in [0.05, 0.1) is 12.0 Å². The second kappa shape index (κ2) is 6.97. The van der Waals surface area contributed by atoms with Gasteiger partial charge in [0.15, 0.2) is 0 Å². The zero-order valence-corrected chi connectivity index (χ0v) is 11.2. The monoisotopic (exact) mass is 242 g/mol. The Bertz CT molecular complexity index is 238. The molecule has 1 atom stereocenters. The maximum atomic E-state index is 11.9. The van der Waals surface area contributed by atoms with Gasteiger partial charge < -0.3 is 15.8 Å². The molecule has 1 rings (SSSR count). The van der Waals surface area contributed by atoms with Crippen LogP contribution in [0.2, 0.25) is 0 Å². The van der Waals surface area contributed by atoms with Gasteiger partial charge in [0.2, 0.25) is 5.91 Å². The number of hydrogen-bond acceptors (Lipinski definition) is 3. The number of rotatable bonds is 7. The molecule has 1 unspecified atom stereocenters. The highest BCUT2D eigenvalue weighted by Crippen LogP contribution is 2.24. The highest BCUT2D eigenvalue weighted by Gasteiger charge is 2.32. The van der Waals surface area contributed by atoms with Crippen LogP contribution in [0.25, 0.3) is 0 Å². The van der Waals surface area contributed by atoms with E-state index in [4.69, 9.17) is 10.5 Å². The lowest BCUT2D eigenvalue weighted by atomic mass is 9.88. The van der Waals surface area contributed by atoms with Crippen LogP contribution in [0.4, 0.5) is 0 Å². The Morgan fingerprint density at radius 3 is 2.59 bits per heavy atom. The third-order valence-electron chi connectivity index (χ3n) is 3.25. The van der Waals surface area contributed by atoms with Crippen molar-refractivity contribution in [2.24, 2.45) is 17.6 Å². The molecule has 0 spiro atoms. The van der Waals surface area contributed by atoms with Crippen molar-refractivity contribution in [3.63, 3.8) is 0 Å². The molecule has 100 valence electrons. The van der Waals surface area contributed by atoms with Crippen molar-refractivity contribution in [3.8, 4) is 0 Å². The quantitative estimate of drug-likeness (QED) is 0.707. The molecule has 1 aliphatic carbocycles. The Labute approximate surface area is 104 Å². The zero-order valence-electron chi connectivity index (χ0n) is 11.2. The normalized spacial score (nSPS) is 25.5. The predicted molar refractivity (Wildman–Crippen MR) is 68.6 cm³/mol. The molecular weight excluding hydrogens is 216 g/mol. The molecule has 1 saturated carbocycles. The van der Waals surface area contributed by atoms with Crippen LogP contribution in [0.3, 0.4) is 0 Å². The Morgan fingerprint density at radius 1 is 1.47 bits per heavy atom. The fourth-order valence-electron chi connectivity index (χ4n) is 2.25. The summed E-state index contributed by atoms with van der Waals surface area (Å²) >= 11 is 0. The number of ether oxygens (including phenoxy) is 1.